The summed E-state index contributed by atoms with van der Waals surface area (Å²) in [6.45, 7) is 2.14. The Balaban J connectivity index is 2.52. The molecule has 66 valence electrons. The lowest BCUT2D eigenvalue weighted by Crippen LogP contribution is -2.16. The third-order valence-corrected chi connectivity index (χ3v) is 1.39. The number of nitrogens with zero attached hydrogens (tertiary/aromatic N) is 2. The van der Waals surface area contributed by atoms with Gasteiger partial charge in [-0.05, 0) is 24.6 Å². The predicted molar refractivity (Wildman–Crippen MR) is 47.2 cm³/mol. The number of aromatic nitrogens is 2. The van der Waals surface area contributed by atoms with E-state index in [0.29, 0.717) is 12.4 Å². The lowest BCUT2D eigenvalue weighted by atomic mass is 10.4. The second kappa shape index (κ2) is 4.23. The van der Waals surface area contributed by atoms with Gasteiger partial charge in [-0.15, -0.1) is 0 Å². The Hall–Kier alpha value is -0.870. The third kappa shape index (κ3) is 3.02. The summed E-state index contributed by atoms with van der Waals surface area (Å²) < 4.78 is 0. The highest BCUT2D eigenvalue weighted by Gasteiger charge is 1.97. The van der Waals surface area contributed by atoms with Gasteiger partial charge in [0, 0.05) is 12.7 Å². The number of halogens is 1. The van der Waals surface area contributed by atoms with Crippen LogP contribution in [0.3, 0.4) is 0 Å². The van der Waals surface area contributed by atoms with Crippen molar-refractivity contribution in [3.8, 4) is 0 Å². The Bertz CT molecular complexity index is 254. The molecular formula is C7H10ClN3O. The first-order chi connectivity index (χ1) is 5.68. The molecule has 0 aromatic carbocycles. The molecule has 1 rings (SSSR count). The normalized spacial score (nSPS) is 12.6. The molecule has 0 spiro atoms. The molecule has 0 fully saturated rings. The summed E-state index contributed by atoms with van der Waals surface area (Å²) in [5.41, 5.74) is 0. The molecule has 0 radical (unpaired) electrons. The molecule has 2 N–H and O–H groups in total. The molecule has 1 aromatic rings. The number of hydrogen-bond donors (Lipinski definition) is 2. The van der Waals surface area contributed by atoms with Crippen molar-refractivity contribution < 1.29 is 5.11 Å². The summed E-state index contributed by atoms with van der Waals surface area (Å²) in [5.74, 6) is 0.621. The van der Waals surface area contributed by atoms with Crippen LogP contribution in [0.15, 0.2) is 12.3 Å². The molecule has 12 heavy (non-hydrogen) atoms. The van der Waals surface area contributed by atoms with Gasteiger partial charge in [0.25, 0.3) is 0 Å². The van der Waals surface area contributed by atoms with Gasteiger partial charge in [-0.2, -0.15) is 0 Å². The molecule has 0 bridgehead atoms. The zero-order valence-electron chi connectivity index (χ0n) is 6.66. The lowest BCUT2D eigenvalue weighted by molar-refractivity contribution is 0.208. The van der Waals surface area contributed by atoms with Crippen molar-refractivity contribution in [1.82, 2.24) is 9.97 Å². The minimum absolute atomic E-state index is 0.200. The molecule has 1 atom stereocenters. The van der Waals surface area contributed by atoms with Crippen LogP contribution in [0.2, 0.25) is 5.28 Å². The summed E-state index contributed by atoms with van der Waals surface area (Å²) in [6.07, 6.45) is 1.15. The fraction of sp³-hybridized carbons (Fsp3) is 0.429. The number of aliphatic hydroxyl groups is 1. The Kier molecular flexibility index (Phi) is 3.25. The molecule has 1 heterocycles. The van der Waals surface area contributed by atoms with E-state index in [1.165, 1.54) is 0 Å². The Labute approximate surface area is 75.6 Å². The molecule has 0 saturated carbocycles. The fourth-order valence-electron chi connectivity index (χ4n) is 0.686. The maximum Gasteiger partial charge on any atom is 0.224 e. The molecular weight excluding hydrogens is 178 g/mol. The van der Waals surface area contributed by atoms with E-state index in [-0.39, 0.29) is 5.28 Å². The highest BCUT2D eigenvalue weighted by Crippen LogP contribution is 2.05. The first kappa shape index (κ1) is 9.22. The molecule has 0 aliphatic heterocycles. The molecule has 4 nitrogen and oxygen atoms in total. The van der Waals surface area contributed by atoms with E-state index in [2.05, 4.69) is 15.3 Å². The molecule has 0 amide bonds. The zero-order chi connectivity index (χ0) is 8.97. The van der Waals surface area contributed by atoms with Crippen molar-refractivity contribution in [2.75, 3.05) is 11.9 Å². The van der Waals surface area contributed by atoms with E-state index >= 15 is 0 Å². The third-order valence-electron chi connectivity index (χ3n) is 1.20. The van der Waals surface area contributed by atoms with Crippen molar-refractivity contribution in [2.45, 2.75) is 13.0 Å². The number of aliphatic hydroxyl groups excluding tert-OH is 1. The minimum atomic E-state index is -0.404. The fourth-order valence-corrected chi connectivity index (χ4v) is 0.833. The maximum atomic E-state index is 8.94. The lowest BCUT2D eigenvalue weighted by Gasteiger charge is -2.06. The number of hydrogen-bond acceptors (Lipinski definition) is 4. The second-order valence-corrected chi connectivity index (χ2v) is 2.78. The Morgan fingerprint density at radius 3 is 3.08 bits per heavy atom. The summed E-state index contributed by atoms with van der Waals surface area (Å²) >= 11 is 5.54. The average Bonchev–Trinajstić information content (AvgIpc) is 2.01. The Morgan fingerprint density at radius 2 is 2.50 bits per heavy atom. The van der Waals surface area contributed by atoms with Crippen LogP contribution >= 0.6 is 11.6 Å². The van der Waals surface area contributed by atoms with Crippen molar-refractivity contribution >= 4 is 17.4 Å². The van der Waals surface area contributed by atoms with Gasteiger partial charge in [0.2, 0.25) is 5.28 Å². The molecule has 0 unspecified atom stereocenters. The molecule has 1 aromatic heterocycles. The van der Waals surface area contributed by atoms with Crippen LogP contribution in [0, 0.1) is 0 Å². The standard InChI is InChI=1S/C7H10ClN3O/c1-5(12)4-10-6-2-3-9-7(8)11-6/h2-3,5,12H,4H2,1H3,(H,9,10,11)/t5-/m0/s1. The second-order valence-electron chi connectivity index (χ2n) is 2.44. The largest absolute Gasteiger partial charge is 0.392 e. The first-order valence-electron chi connectivity index (χ1n) is 3.59. The van der Waals surface area contributed by atoms with Gasteiger partial charge in [-0.1, -0.05) is 0 Å². The van der Waals surface area contributed by atoms with Gasteiger partial charge in [0.05, 0.1) is 6.10 Å². The maximum absolute atomic E-state index is 8.94. The van der Waals surface area contributed by atoms with Crippen LogP contribution in [-0.2, 0) is 0 Å². The van der Waals surface area contributed by atoms with Gasteiger partial charge in [-0.3, -0.25) is 0 Å². The highest BCUT2D eigenvalue weighted by molar-refractivity contribution is 6.28. The van der Waals surface area contributed by atoms with Crippen LogP contribution in [0.4, 0.5) is 5.82 Å². The van der Waals surface area contributed by atoms with Crippen molar-refractivity contribution in [2.24, 2.45) is 0 Å². The van der Waals surface area contributed by atoms with Crippen LogP contribution in [0.25, 0.3) is 0 Å². The number of nitrogens with one attached hydrogen (secondary N) is 1. The van der Waals surface area contributed by atoms with E-state index in [1.807, 2.05) is 0 Å². The quantitative estimate of drug-likeness (QED) is 0.691. The summed E-state index contributed by atoms with van der Waals surface area (Å²) in [7, 11) is 0. The van der Waals surface area contributed by atoms with Crippen molar-refractivity contribution in [3.63, 3.8) is 0 Å². The van der Waals surface area contributed by atoms with Crippen LogP contribution in [0.1, 0.15) is 6.92 Å². The smallest absolute Gasteiger partial charge is 0.224 e. The molecule has 5 heteroatoms. The van der Waals surface area contributed by atoms with Crippen LogP contribution in [0.5, 0.6) is 0 Å². The number of rotatable bonds is 3. The van der Waals surface area contributed by atoms with E-state index in [0.717, 1.165) is 0 Å². The molecule has 0 aliphatic rings. The average molecular weight is 188 g/mol. The van der Waals surface area contributed by atoms with Crippen LogP contribution in [-0.4, -0.2) is 27.7 Å². The van der Waals surface area contributed by atoms with E-state index in [9.17, 15) is 0 Å². The van der Waals surface area contributed by atoms with Crippen molar-refractivity contribution in [3.05, 3.63) is 17.5 Å². The van der Waals surface area contributed by atoms with E-state index < -0.39 is 6.10 Å². The molecule has 0 aliphatic carbocycles. The summed E-state index contributed by atoms with van der Waals surface area (Å²) in [5, 5.41) is 12.0. The molecule has 0 saturated heterocycles. The van der Waals surface area contributed by atoms with Gasteiger partial charge in [0.15, 0.2) is 0 Å². The SMILES string of the molecule is C[C@H](O)CNc1ccnc(Cl)n1. The van der Waals surface area contributed by atoms with Crippen LogP contribution < -0.4 is 5.32 Å². The van der Waals surface area contributed by atoms with Crippen molar-refractivity contribution in [1.29, 1.82) is 0 Å². The summed E-state index contributed by atoms with van der Waals surface area (Å²) in [6, 6.07) is 1.69. The monoisotopic (exact) mass is 187 g/mol. The first-order valence-corrected chi connectivity index (χ1v) is 3.97. The zero-order valence-corrected chi connectivity index (χ0v) is 7.41. The predicted octanol–water partition coefficient (Wildman–Crippen LogP) is 0.923. The highest BCUT2D eigenvalue weighted by atomic mass is 35.5. The van der Waals surface area contributed by atoms with Gasteiger partial charge in [-0.25, -0.2) is 9.97 Å². The minimum Gasteiger partial charge on any atom is -0.392 e. The van der Waals surface area contributed by atoms with E-state index in [4.69, 9.17) is 16.7 Å². The topological polar surface area (TPSA) is 58.0 Å². The Morgan fingerprint density at radius 1 is 1.75 bits per heavy atom. The van der Waals surface area contributed by atoms with Gasteiger partial charge >= 0.3 is 0 Å². The van der Waals surface area contributed by atoms with E-state index in [1.54, 1.807) is 19.2 Å². The van der Waals surface area contributed by atoms with Gasteiger partial charge < -0.3 is 10.4 Å². The van der Waals surface area contributed by atoms with Gasteiger partial charge in [0.1, 0.15) is 5.82 Å². The number of anilines is 1. The summed E-state index contributed by atoms with van der Waals surface area (Å²) in [4.78, 5) is 7.60.